The van der Waals surface area contributed by atoms with Crippen molar-refractivity contribution in [1.29, 1.82) is 0 Å². The average molecular weight is 279 g/mol. The van der Waals surface area contributed by atoms with Crippen molar-refractivity contribution >= 4 is 11.6 Å². The maximum absolute atomic E-state index is 13.0. The first kappa shape index (κ1) is 14.8. The van der Waals surface area contributed by atoms with Gasteiger partial charge in [-0.25, -0.2) is 4.39 Å². The van der Waals surface area contributed by atoms with Gasteiger partial charge in [0.2, 0.25) is 5.91 Å². The number of halogens is 1. The van der Waals surface area contributed by atoms with Crippen molar-refractivity contribution in [3.63, 3.8) is 0 Å². The third-order valence-electron chi connectivity index (χ3n) is 3.61. The molecule has 0 atom stereocenters. The fourth-order valence-corrected chi connectivity index (χ4v) is 2.46. The largest absolute Gasteiger partial charge is 0.362 e. The van der Waals surface area contributed by atoms with E-state index in [-0.39, 0.29) is 11.7 Å². The molecule has 0 radical (unpaired) electrons. The van der Waals surface area contributed by atoms with Crippen molar-refractivity contribution < 1.29 is 9.18 Å². The molecular formula is C15H22FN3O. The number of benzene rings is 1. The zero-order valence-corrected chi connectivity index (χ0v) is 11.7. The summed E-state index contributed by atoms with van der Waals surface area (Å²) < 4.78 is 13.0. The molecule has 1 aliphatic heterocycles. The summed E-state index contributed by atoms with van der Waals surface area (Å²) in [6.45, 7) is 3.34. The van der Waals surface area contributed by atoms with Crippen molar-refractivity contribution in [3.8, 4) is 0 Å². The van der Waals surface area contributed by atoms with E-state index in [0.717, 1.165) is 38.0 Å². The SMILES string of the molecule is NCCCN(CC(=O)N1CCCC1)c1ccc(F)cc1. The van der Waals surface area contributed by atoms with Crippen LogP contribution in [0.3, 0.4) is 0 Å². The molecule has 2 rings (SSSR count). The molecule has 0 saturated carbocycles. The number of nitrogens with two attached hydrogens (primary N) is 1. The molecule has 20 heavy (non-hydrogen) atoms. The van der Waals surface area contributed by atoms with Crippen LogP contribution >= 0.6 is 0 Å². The van der Waals surface area contributed by atoms with Crippen molar-refractivity contribution in [2.24, 2.45) is 5.73 Å². The molecule has 1 saturated heterocycles. The van der Waals surface area contributed by atoms with E-state index in [1.807, 2.05) is 9.80 Å². The second-order valence-corrected chi connectivity index (χ2v) is 5.13. The van der Waals surface area contributed by atoms with Gasteiger partial charge in [-0.2, -0.15) is 0 Å². The van der Waals surface area contributed by atoms with Gasteiger partial charge in [0.25, 0.3) is 0 Å². The fraction of sp³-hybridized carbons (Fsp3) is 0.533. The summed E-state index contributed by atoms with van der Waals surface area (Å²) in [6, 6.07) is 6.27. The fourth-order valence-electron chi connectivity index (χ4n) is 2.46. The van der Waals surface area contributed by atoms with Gasteiger partial charge in [0.1, 0.15) is 5.82 Å². The Bertz CT molecular complexity index is 429. The van der Waals surface area contributed by atoms with E-state index in [0.29, 0.717) is 19.6 Å². The van der Waals surface area contributed by atoms with E-state index in [9.17, 15) is 9.18 Å². The summed E-state index contributed by atoms with van der Waals surface area (Å²) in [7, 11) is 0. The first-order valence-electron chi connectivity index (χ1n) is 7.19. The predicted octanol–water partition coefficient (Wildman–Crippen LogP) is 1.60. The maximum Gasteiger partial charge on any atom is 0.242 e. The smallest absolute Gasteiger partial charge is 0.242 e. The second kappa shape index (κ2) is 7.24. The lowest BCUT2D eigenvalue weighted by Crippen LogP contribution is -2.39. The number of anilines is 1. The predicted molar refractivity (Wildman–Crippen MR) is 78.1 cm³/mol. The highest BCUT2D eigenvalue weighted by molar-refractivity contribution is 5.81. The van der Waals surface area contributed by atoms with Gasteiger partial charge in [0, 0.05) is 25.3 Å². The standard InChI is InChI=1S/C15H22FN3O/c16-13-4-6-14(7-5-13)19(11-3-8-17)12-15(20)18-9-1-2-10-18/h4-7H,1-3,8-12,17H2. The Balaban J connectivity index is 2.02. The van der Waals surface area contributed by atoms with Crippen molar-refractivity contribution in [1.82, 2.24) is 4.90 Å². The van der Waals surface area contributed by atoms with Crippen LogP contribution in [0.15, 0.2) is 24.3 Å². The quantitative estimate of drug-likeness (QED) is 0.860. The van der Waals surface area contributed by atoms with Crippen LogP contribution in [0.1, 0.15) is 19.3 Å². The third-order valence-corrected chi connectivity index (χ3v) is 3.61. The van der Waals surface area contributed by atoms with Crippen LogP contribution in [-0.2, 0) is 4.79 Å². The van der Waals surface area contributed by atoms with Crippen LogP contribution in [0.2, 0.25) is 0 Å². The molecule has 0 aliphatic carbocycles. The summed E-state index contributed by atoms with van der Waals surface area (Å²) in [5.41, 5.74) is 6.42. The van der Waals surface area contributed by atoms with Gasteiger partial charge >= 0.3 is 0 Å². The summed E-state index contributed by atoms with van der Waals surface area (Å²) in [5.74, 6) is -0.123. The lowest BCUT2D eigenvalue weighted by Gasteiger charge is -2.26. The molecule has 5 heteroatoms. The monoisotopic (exact) mass is 279 g/mol. The second-order valence-electron chi connectivity index (χ2n) is 5.13. The Morgan fingerprint density at radius 3 is 2.50 bits per heavy atom. The topological polar surface area (TPSA) is 49.6 Å². The lowest BCUT2D eigenvalue weighted by molar-refractivity contribution is -0.128. The Morgan fingerprint density at radius 2 is 1.90 bits per heavy atom. The lowest BCUT2D eigenvalue weighted by atomic mass is 10.2. The third kappa shape index (κ3) is 3.93. The molecule has 0 spiro atoms. The highest BCUT2D eigenvalue weighted by atomic mass is 19.1. The normalized spacial score (nSPS) is 14.6. The van der Waals surface area contributed by atoms with Crippen LogP contribution in [-0.4, -0.2) is 43.5 Å². The van der Waals surface area contributed by atoms with Gasteiger partial charge in [-0.1, -0.05) is 0 Å². The molecule has 0 unspecified atom stereocenters. The number of nitrogens with zero attached hydrogens (tertiary/aromatic N) is 2. The van der Waals surface area contributed by atoms with E-state index in [2.05, 4.69) is 0 Å². The van der Waals surface area contributed by atoms with Crippen LogP contribution < -0.4 is 10.6 Å². The van der Waals surface area contributed by atoms with Gasteiger partial charge in [-0.05, 0) is 50.1 Å². The van der Waals surface area contributed by atoms with Crippen LogP contribution in [0.5, 0.6) is 0 Å². The maximum atomic E-state index is 13.0. The van der Waals surface area contributed by atoms with Crippen molar-refractivity contribution in [2.45, 2.75) is 19.3 Å². The Labute approximate surface area is 119 Å². The van der Waals surface area contributed by atoms with Crippen LogP contribution in [0.4, 0.5) is 10.1 Å². The van der Waals surface area contributed by atoms with E-state index >= 15 is 0 Å². The van der Waals surface area contributed by atoms with Crippen LogP contribution in [0.25, 0.3) is 0 Å². The molecular weight excluding hydrogens is 257 g/mol. The zero-order valence-electron chi connectivity index (χ0n) is 11.7. The number of hydrogen-bond acceptors (Lipinski definition) is 3. The van der Waals surface area contributed by atoms with E-state index in [1.165, 1.54) is 12.1 Å². The van der Waals surface area contributed by atoms with Gasteiger partial charge in [0.15, 0.2) is 0 Å². The number of hydrogen-bond donors (Lipinski definition) is 1. The molecule has 0 aromatic heterocycles. The van der Waals surface area contributed by atoms with Gasteiger partial charge in [-0.15, -0.1) is 0 Å². The first-order valence-corrected chi connectivity index (χ1v) is 7.19. The summed E-state index contributed by atoms with van der Waals surface area (Å²) in [5, 5.41) is 0. The minimum atomic E-state index is -0.265. The van der Waals surface area contributed by atoms with Gasteiger partial charge in [-0.3, -0.25) is 4.79 Å². The van der Waals surface area contributed by atoms with Crippen molar-refractivity contribution in [3.05, 3.63) is 30.1 Å². The molecule has 0 bridgehead atoms. The summed E-state index contributed by atoms with van der Waals surface area (Å²) in [6.07, 6.45) is 2.99. The molecule has 1 aliphatic rings. The summed E-state index contributed by atoms with van der Waals surface area (Å²) in [4.78, 5) is 16.1. The van der Waals surface area contributed by atoms with E-state index in [4.69, 9.17) is 5.73 Å². The number of carbonyl (C=O) groups excluding carboxylic acids is 1. The highest BCUT2D eigenvalue weighted by Crippen LogP contribution is 2.16. The number of amides is 1. The Kier molecular flexibility index (Phi) is 5.35. The zero-order chi connectivity index (χ0) is 14.4. The van der Waals surface area contributed by atoms with E-state index < -0.39 is 0 Å². The Morgan fingerprint density at radius 1 is 1.25 bits per heavy atom. The number of rotatable bonds is 6. The summed E-state index contributed by atoms with van der Waals surface area (Å²) >= 11 is 0. The van der Waals surface area contributed by atoms with E-state index in [1.54, 1.807) is 12.1 Å². The minimum absolute atomic E-state index is 0.142. The number of likely N-dealkylation sites (tertiary alicyclic amines) is 1. The molecule has 2 N–H and O–H groups in total. The number of carbonyl (C=O) groups is 1. The van der Waals surface area contributed by atoms with Gasteiger partial charge in [0.05, 0.1) is 6.54 Å². The highest BCUT2D eigenvalue weighted by Gasteiger charge is 2.20. The first-order chi connectivity index (χ1) is 9.70. The Hall–Kier alpha value is -1.62. The van der Waals surface area contributed by atoms with Gasteiger partial charge < -0.3 is 15.5 Å². The molecule has 1 aromatic carbocycles. The average Bonchev–Trinajstić information content (AvgIpc) is 2.98. The molecule has 1 heterocycles. The van der Waals surface area contributed by atoms with Crippen molar-refractivity contribution in [2.75, 3.05) is 37.6 Å². The molecule has 4 nitrogen and oxygen atoms in total. The molecule has 110 valence electrons. The molecule has 1 fully saturated rings. The molecule has 1 aromatic rings. The molecule has 1 amide bonds. The van der Waals surface area contributed by atoms with Crippen LogP contribution in [0, 0.1) is 5.82 Å². The minimum Gasteiger partial charge on any atom is -0.362 e.